The minimum atomic E-state index is 0.616. The Morgan fingerprint density at radius 1 is 0.355 bits per heavy atom. The van der Waals surface area contributed by atoms with Crippen LogP contribution in [0.1, 0.15) is 5.56 Å². The number of para-hydroxylation sites is 3. The fraction of sp³-hybridized carbons (Fsp3) is 0. The molecule has 0 aliphatic heterocycles. The molecule has 5 heteroatoms. The van der Waals surface area contributed by atoms with Crippen molar-refractivity contribution < 1.29 is 0 Å². The molecule has 0 N–H and O–H groups in total. The van der Waals surface area contributed by atoms with Gasteiger partial charge in [0.25, 0.3) is 0 Å². The van der Waals surface area contributed by atoms with Crippen LogP contribution in [0.5, 0.6) is 0 Å². The molecule has 0 unspecified atom stereocenters. The summed E-state index contributed by atoms with van der Waals surface area (Å²) in [6.07, 6.45) is 0. The van der Waals surface area contributed by atoms with Gasteiger partial charge < -0.3 is 9.13 Å². The zero-order valence-corrected chi connectivity index (χ0v) is 40.9. The third-order valence-corrected chi connectivity index (χ3v) is 15.5. The molecule has 0 amide bonds. The fourth-order valence-corrected chi connectivity index (χ4v) is 12.0. The SMILES string of the molecule is [C-]#[N+]c1ccc2c(c1)c1cc(-c3ccc4c(-c5ccc6ccccc6c5)c5cc(-c6ccc7c(c6)c6cc(C#N)ccc6n7-c6ccccc6)ccc5c(-c5ccc6ccccc6n5)c4c3)ccc1n2-c1ccccc1. The number of aromatic nitrogens is 3. The van der Waals surface area contributed by atoms with Gasteiger partial charge >= 0.3 is 0 Å². The summed E-state index contributed by atoms with van der Waals surface area (Å²) in [5, 5.41) is 22.3. The molecule has 15 aromatic rings. The van der Waals surface area contributed by atoms with E-state index in [1.165, 1.54) is 10.8 Å². The summed E-state index contributed by atoms with van der Waals surface area (Å²) in [5.74, 6) is 0. The Bertz CT molecular complexity index is 4690. The van der Waals surface area contributed by atoms with Crippen LogP contribution in [0.15, 0.2) is 249 Å². The minimum absolute atomic E-state index is 0.616. The first-order chi connectivity index (χ1) is 37.6. The van der Waals surface area contributed by atoms with E-state index in [0.717, 1.165) is 132 Å². The Labute approximate surface area is 437 Å². The topological polar surface area (TPSA) is 50.9 Å². The Morgan fingerprint density at radius 3 is 1.46 bits per heavy atom. The Hall–Kier alpha value is -10.6. The number of hydrogen-bond donors (Lipinski definition) is 0. The lowest BCUT2D eigenvalue weighted by molar-refractivity contribution is 1.18. The van der Waals surface area contributed by atoms with E-state index in [0.29, 0.717) is 11.3 Å². The average molecular weight is 964 g/mol. The number of nitriles is 1. The standard InChI is InChI=1S/C71H41N5/c1-73-53-28-35-69-61(42-53)60-39-51(27-34-68(60)76(69)55-17-6-3-7-18-55)49-23-29-56-63(41-49)71(65-31-25-46-13-10-11-19-64(46)74-65)57-30-24-48(40-62(57)70(56)52-22-21-45-12-8-9-14-47(45)37-52)50-26-33-67-59(38-50)58-36-44(43-72)20-32-66(58)75(67)54-15-4-2-5-16-54/h2-42H. The van der Waals surface area contributed by atoms with Gasteiger partial charge in [-0.15, -0.1) is 0 Å². The summed E-state index contributed by atoms with van der Waals surface area (Å²) >= 11 is 0. The van der Waals surface area contributed by atoms with Gasteiger partial charge in [-0.1, -0.05) is 140 Å². The lowest BCUT2D eigenvalue weighted by Crippen LogP contribution is -1.95. The third-order valence-electron chi connectivity index (χ3n) is 15.5. The van der Waals surface area contributed by atoms with Crippen LogP contribution in [-0.4, -0.2) is 14.1 Å². The molecule has 0 bridgehead atoms. The summed E-state index contributed by atoms with van der Waals surface area (Å²) in [4.78, 5) is 9.29. The van der Waals surface area contributed by atoms with Gasteiger partial charge in [0.15, 0.2) is 5.69 Å². The number of nitrogens with zero attached hydrogens (tertiary/aromatic N) is 5. The van der Waals surface area contributed by atoms with Gasteiger partial charge in [0.05, 0.1) is 51.5 Å². The summed E-state index contributed by atoms with van der Waals surface area (Å²) in [7, 11) is 0. The Morgan fingerprint density at radius 2 is 0.829 bits per heavy atom. The van der Waals surface area contributed by atoms with Crippen LogP contribution in [0.25, 0.3) is 148 Å². The summed E-state index contributed by atoms with van der Waals surface area (Å²) in [5.41, 5.74) is 17.2. The van der Waals surface area contributed by atoms with Crippen molar-refractivity contribution >= 4 is 92.5 Å². The predicted octanol–water partition coefficient (Wildman–Crippen LogP) is 19.0. The predicted molar refractivity (Wildman–Crippen MR) is 316 cm³/mol. The van der Waals surface area contributed by atoms with Crippen LogP contribution in [0.2, 0.25) is 0 Å². The molecule has 0 aliphatic rings. The molecular formula is C71H41N5. The Kier molecular flexibility index (Phi) is 9.63. The lowest BCUT2D eigenvalue weighted by atomic mass is 9.84. The van der Waals surface area contributed by atoms with Gasteiger partial charge in [0.2, 0.25) is 0 Å². The molecule has 0 saturated carbocycles. The van der Waals surface area contributed by atoms with E-state index >= 15 is 0 Å². The first-order valence-corrected chi connectivity index (χ1v) is 25.5. The van der Waals surface area contributed by atoms with Crippen LogP contribution >= 0.6 is 0 Å². The van der Waals surface area contributed by atoms with Crippen molar-refractivity contribution in [3.8, 4) is 62.1 Å². The van der Waals surface area contributed by atoms with Crippen LogP contribution in [-0.2, 0) is 0 Å². The number of benzene rings is 12. The maximum atomic E-state index is 10.1. The van der Waals surface area contributed by atoms with E-state index in [1.807, 2.05) is 36.4 Å². The summed E-state index contributed by atoms with van der Waals surface area (Å²) < 4.78 is 4.59. The van der Waals surface area contributed by atoms with Gasteiger partial charge in [-0.3, -0.25) is 0 Å². The highest BCUT2D eigenvalue weighted by molar-refractivity contribution is 6.23. The van der Waals surface area contributed by atoms with Crippen LogP contribution in [0, 0.1) is 17.9 Å². The second-order valence-corrected chi connectivity index (χ2v) is 19.7. The lowest BCUT2D eigenvalue weighted by Gasteiger charge is -2.20. The van der Waals surface area contributed by atoms with Crippen molar-refractivity contribution in [3.63, 3.8) is 0 Å². The quantitative estimate of drug-likeness (QED) is 0.123. The largest absolute Gasteiger partial charge is 0.309 e. The van der Waals surface area contributed by atoms with Gasteiger partial charge in [-0.25, -0.2) is 9.83 Å². The van der Waals surface area contributed by atoms with Gasteiger partial charge in [0.1, 0.15) is 0 Å². The zero-order chi connectivity index (χ0) is 50.4. The molecule has 0 aliphatic carbocycles. The van der Waals surface area contributed by atoms with Crippen LogP contribution < -0.4 is 0 Å². The summed E-state index contributed by atoms with van der Waals surface area (Å²) in [6, 6.07) is 90.9. The molecule has 3 aromatic heterocycles. The zero-order valence-electron chi connectivity index (χ0n) is 40.9. The molecule has 12 aromatic carbocycles. The molecule has 0 spiro atoms. The Balaban J connectivity index is 1.01. The maximum Gasteiger partial charge on any atom is 0.188 e. The molecule has 0 fully saturated rings. The molecule has 0 atom stereocenters. The normalized spacial score (nSPS) is 11.7. The summed E-state index contributed by atoms with van der Waals surface area (Å²) in [6.45, 7) is 7.92. The highest BCUT2D eigenvalue weighted by Crippen LogP contribution is 2.47. The molecule has 3 heterocycles. The van der Waals surface area contributed by atoms with E-state index in [1.54, 1.807) is 0 Å². The third kappa shape index (κ3) is 6.74. The molecule has 0 radical (unpaired) electrons. The number of hydrogen-bond acceptors (Lipinski definition) is 2. The van der Waals surface area contributed by atoms with E-state index in [2.05, 4.69) is 232 Å². The molecule has 5 nitrogen and oxygen atoms in total. The van der Waals surface area contributed by atoms with Crippen molar-refractivity contribution in [1.82, 2.24) is 14.1 Å². The monoisotopic (exact) mass is 963 g/mol. The number of fused-ring (bicyclic) bond motifs is 10. The molecule has 0 saturated heterocycles. The first kappa shape index (κ1) is 43.0. The van der Waals surface area contributed by atoms with Crippen molar-refractivity contribution in [3.05, 3.63) is 266 Å². The van der Waals surface area contributed by atoms with E-state index in [9.17, 15) is 5.26 Å². The molecular weight excluding hydrogens is 923 g/mol. The van der Waals surface area contributed by atoms with Crippen molar-refractivity contribution in [2.45, 2.75) is 0 Å². The van der Waals surface area contributed by atoms with Crippen LogP contribution in [0.3, 0.4) is 0 Å². The van der Waals surface area contributed by atoms with Crippen molar-refractivity contribution in [2.75, 3.05) is 0 Å². The molecule has 15 rings (SSSR count). The van der Waals surface area contributed by atoms with Gasteiger partial charge in [0, 0.05) is 38.5 Å². The minimum Gasteiger partial charge on any atom is -0.309 e. The number of pyridine rings is 1. The van der Waals surface area contributed by atoms with E-state index < -0.39 is 0 Å². The van der Waals surface area contributed by atoms with Gasteiger partial charge in [-0.05, 0) is 180 Å². The van der Waals surface area contributed by atoms with Crippen LogP contribution in [0.4, 0.5) is 5.69 Å². The van der Waals surface area contributed by atoms with Crippen molar-refractivity contribution in [2.24, 2.45) is 0 Å². The highest BCUT2D eigenvalue weighted by atomic mass is 15.0. The molecule has 76 heavy (non-hydrogen) atoms. The second-order valence-electron chi connectivity index (χ2n) is 19.7. The maximum absolute atomic E-state index is 10.1. The van der Waals surface area contributed by atoms with Crippen molar-refractivity contribution in [1.29, 1.82) is 5.26 Å². The smallest absolute Gasteiger partial charge is 0.188 e. The number of rotatable bonds is 6. The molecule has 350 valence electrons. The van der Waals surface area contributed by atoms with E-state index in [4.69, 9.17) is 11.6 Å². The highest BCUT2D eigenvalue weighted by Gasteiger charge is 2.22. The fourth-order valence-electron chi connectivity index (χ4n) is 12.0. The second kappa shape index (κ2) is 17.0. The average Bonchev–Trinajstić information content (AvgIpc) is 4.07. The van der Waals surface area contributed by atoms with Gasteiger partial charge in [-0.2, -0.15) is 5.26 Å². The van der Waals surface area contributed by atoms with E-state index in [-0.39, 0.29) is 0 Å². The first-order valence-electron chi connectivity index (χ1n) is 25.5.